The molecular weight excluding hydrogens is 381 g/mol. The van der Waals surface area contributed by atoms with Gasteiger partial charge in [-0.25, -0.2) is 8.42 Å². The Hall–Kier alpha value is 0.180. The summed E-state index contributed by atoms with van der Waals surface area (Å²) in [6.07, 6.45) is 0. The SMILES string of the molecule is CCS(=O)(=O)Nc1ccc(I)cc1Br. The van der Waals surface area contributed by atoms with Crippen LogP contribution in [-0.4, -0.2) is 14.2 Å². The lowest BCUT2D eigenvalue weighted by molar-refractivity contribution is 0.602. The molecule has 0 aliphatic heterocycles. The fourth-order valence-corrected chi connectivity index (χ4v) is 3.00. The van der Waals surface area contributed by atoms with E-state index in [9.17, 15) is 8.42 Å². The maximum Gasteiger partial charge on any atom is 0.232 e. The van der Waals surface area contributed by atoms with E-state index in [0.717, 1.165) is 8.04 Å². The average Bonchev–Trinajstić information content (AvgIpc) is 2.10. The maximum atomic E-state index is 11.3. The molecule has 0 spiro atoms. The Kier molecular flexibility index (Phi) is 4.20. The molecule has 1 rings (SSSR count). The van der Waals surface area contributed by atoms with Crippen molar-refractivity contribution in [3.63, 3.8) is 0 Å². The van der Waals surface area contributed by atoms with E-state index in [4.69, 9.17) is 0 Å². The predicted molar refractivity (Wildman–Crippen MR) is 69.9 cm³/mol. The molecule has 14 heavy (non-hydrogen) atoms. The van der Waals surface area contributed by atoms with Crippen molar-refractivity contribution < 1.29 is 8.42 Å². The first-order chi connectivity index (χ1) is 6.44. The summed E-state index contributed by atoms with van der Waals surface area (Å²) in [6.45, 7) is 1.60. The summed E-state index contributed by atoms with van der Waals surface area (Å²) in [6, 6.07) is 5.44. The Labute approximate surface area is 106 Å². The van der Waals surface area contributed by atoms with Gasteiger partial charge in [-0.15, -0.1) is 0 Å². The molecule has 0 fully saturated rings. The van der Waals surface area contributed by atoms with Crippen LogP contribution in [0.1, 0.15) is 6.92 Å². The summed E-state index contributed by atoms with van der Waals surface area (Å²) in [7, 11) is -3.19. The van der Waals surface area contributed by atoms with Crippen LogP contribution >= 0.6 is 38.5 Å². The molecule has 6 heteroatoms. The molecule has 3 nitrogen and oxygen atoms in total. The van der Waals surface area contributed by atoms with Crippen molar-refractivity contribution in [3.05, 3.63) is 26.2 Å². The van der Waals surface area contributed by atoms with E-state index >= 15 is 0 Å². The zero-order valence-corrected chi connectivity index (χ0v) is 12.0. The molecule has 0 bridgehead atoms. The molecule has 1 aromatic carbocycles. The molecule has 0 amide bonds. The standard InChI is InChI=1S/C8H9BrINO2S/c1-2-14(12,13)11-8-4-3-6(10)5-7(8)9/h3-5,11H,2H2,1H3. The quantitative estimate of drug-likeness (QED) is 0.808. The zero-order chi connectivity index (χ0) is 10.8. The van der Waals surface area contributed by atoms with Crippen LogP contribution in [0.2, 0.25) is 0 Å². The van der Waals surface area contributed by atoms with Gasteiger partial charge in [0, 0.05) is 8.04 Å². The van der Waals surface area contributed by atoms with Gasteiger partial charge in [-0.05, 0) is 63.6 Å². The van der Waals surface area contributed by atoms with E-state index in [1.165, 1.54) is 0 Å². The lowest BCUT2D eigenvalue weighted by Gasteiger charge is -2.07. The number of sulfonamides is 1. The highest BCUT2D eigenvalue weighted by atomic mass is 127. The summed E-state index contributed by atoms with van der Waals surface area (Å²) in [4.78, 5) is 0. The summed E-state index contributed by atoms with van der Waals surface area (Å²) >= 11 is 5.46. The molecule has 0 heterocycles. The summed E-state index contributed by atoms with van der Waals surface area (Å²) < 4.78 is 26.8. The molecule has 0 aliphatic rings. The second kappa shape index (κ2) is 4.80. The largest absolute Gasteiger partial charge is 0.282 e. The van der Waals surface area contributed by atoms with E-state index in [1.54, 1.807) is 13.0 Å². The Balaban J connectivity index is 2.99. The highest BCUT2D eigenvalue weighted by Gasteiger charge is 2.08. The summed E-state index contributed by atoms with van der Waals surface area (Å²) in [5, 5.41) is 0. The summed E-state index contributed by atoms with van der Waals surface area (Å²) in [5.41, 5.74) is 0.576. The van der Waals surface area contributed by atoms with Gasteiger partial charge in [0.25, 0.3) is 0 Å². The number of hydrogen-bond donors (Lipinski definition) is 1. The number of halogens is 2. The zero-order valence-electron chi connectivity index (χ0n) is 7.42. The van der Waals surface area contributed by atoms with Gasteiger partial charge in [-0.3, -0.25) is 4.72 Å². The van der Waals surface area contributed by atoms with Crippen molar-refractivity contribution in [3.8, 4) is 0 Å². The van der Waals surface area contributed by atoms with E-state index in [0.29, 0.717) is 5.69 Å². The second-order valence-electron chi connectivity index (χ2n) is 2.63. The number of hydrogen-bond acceptors (Lipinski definition) is 2. The van der Waals surface area contributed by atoms with Crippen molar-refractivity contribution >= 4 is 54.2 Å². The van der Waals surface area contributed by atoms with Gasteiger partial charge in [0.1, 0.15) is 0 Å². The number of nitrogens with one attached hydrogen (secondary N) is 1. The van der Waals surface area contributed by atoms with Crippen LogP contribution in [0.3, 0.4) is 0 Å². The van der Waals surface area contributed by atoms with Crippen molar-refractivity contribution in [2.45, 2.75) is 6.92 Å². The number of benzene rings is 1. The third-order valence-corrected chi connectivity index (χ3v) is 4.19. The maximum absolute atomic E-state index is 11.3. The Bertz CT molecular complexity index is 433. The third kappa shape index (κ3) is 3.39. The molecule has 0 atom stereocenters. The predicted octanol–water partition coefficient (Wildman–Crippen LogP) is 2.82. The second-order valence-corrected chi connectivity index (χ2v) is 6.74. The van der Waals surface area contributed by atoms with Gasteiger partial charge >= 0.3 is 0 Å². The Morgan fingerprint density at radius 3 is 2.64 bits per heavy atom. The first-order valence-corrected chi connectivity index (χ1v) is 7.42. The topological polar surface area (TPSA) is 46.2 Å². The van der Waals surface area contributed by atoms with Crippen LogP contribution in [0.15, 0.2) is 22.7 Å². The molecule has 1 aromatic rings. The van der Waals surface area contributed by atoms with Crippen LogP contribution in [0.5, 0.6) is 0 Å². The Morgan fingerprint density at radius 1 is 1.50 bits per heavy atom. The fraction of sp³-hybridized carbons (Fsp3) is 0.250. The lowest BCUT2D eigenvalue weighted by atomic mass is 10.3. The average molecular weight is 390 g/mol. The Morgan fingerprint density at radius 2 is 2.14 bits per heavy atom. The van der Waals surface area contributed by atoms with Crippen molar-refractivity contribution in [2.24, 2.45) is 0 Å². The van der Waals surface area contributed by atoms with Crippen molar-refractivity contribution in [2.75, 3.05) is 10.5 Å². The van der Waals surface area contributed by atoms with E-state index in [-0.39, 0.29) is 5.75 Å². The van der Waals surface area contributed by atoms with Crippen LogP contribution < -0.4 is 4.72 Å². The van der Waals surface area contributed by atoms with E-state index < -0.39 is 10.0 Å². The van der Waals surface area contributed by atoms with Gasteiger partial charge in [0.15, 0.2) is 0 Å². The molecule has 0 aromatic heterocycles. The minimum Gasteiger partial charge on any atom is -0.282 e. The molecular formula is C8H9BrINO2S. The van der Waals surface area contributed by atoms with Crippen LogP contribution in [0.4, 0.5) is 5.69 Å². The highest BCUT2D eigenvalue weighted by molar-refractivity contribution is 14.1. The number of rotatable bonds is 3. The highest BCUT2D eigenvalue weighted by Crippen LogP contribution is 2.25. The molecule has 0 unspecified atom stereocenters. The summed E-state index contributed by atoms with van der Waals surface area (Å²) in [5.74, 6) is 0.0748. The van der Waals surface area contributed by atoms with Gasteiger partial charge < -0.3 is 0 Å². The van der Waals surface area contributed by atoms with Crippen LogP contribution in [0.25, 0.3) is 0 Å². The minimum atomic E-state index is -3.19. The van der Waals surface area contributed by atoms with Gasteiger partial charge in [0.2, 0.25) is 10.0 Å². The van der Waals surface area contributed by atoms with Crippen molar-refractivity contribution in [1.82, 2.24) is 0 Å². The molecule has 0 aliphatic carbocycles. The third-order valence-electron chi connectivity index (χ3n) is 1.58. The molecule has 1 N–H and O–H groups in total. The van der Waals surface area contributed by atoms with Gasteiger partial charge in [0.05, 0.1) is 11.4 Å². The first-order valence-electron chi connectivity index (χ1n) is 3.90. The monoisotopic (exact) mass is 389 g/mol. The van der Waals surface area contributed by atoms with Gasteiger partial charge in [-0.1, -0.05) is 0 Å². The molecule has 0 radical (unpaired) electrons. The number of anilines is 1. The van der Waals surface area contributed by atoms with E-state index in [1.807, 2.05) is 12.1 Å². The smallest absolute Gasteiger partial charge is 0.232 e. The van der Waals surface area contributed by atoms with Crippen LogP contribution in [0, 0.1) is 3.57 Å². The minimum absolute atomic E-state index is 0.0748. The van der Waals surface area contributed by atoms with Crippen molar-refractivity contribution in [1.29, 1.82) is 0 Å². The normalized spacial score (nSPS) is 11.4. The molecule has 78 valence electrons. The first kappa shape index (κ1) is 12.3. The van der Waals surface area contributed by atoms with Crippen LogP contribution in [-0.2, 0) is 10.0 Å². The molecule has 0 saturated carbocycles. The lowest BCUT2D eigenvalue weighted by Crippen LogP contribution is -2.14. The van der Waals surface area contributed by atoms with E-state index in [2.05, 4.69) is 43.2 Å². The fourth-order valence-electron chi connectivity index (χ4n) is 0.812. The van der Waals surface area contributed by atoms with Gasteiger partial charge in [-0.2, -0.15) is 0 Å². The molecule has 0 saturated heterocycles.